The number of hydrogen-bond acceptors (Lipinski definition) is 3. The van der Waals surface area contributed by atoms with Gasteiger partial charge in [-0.05, 0) is 52.0 Å². The third-order valence-corrected chi connectivity index (χ3v) is 3.60. The molecule has 4 nitrogen and oxygen atoms in total. The van der Waals surface area contributed by atoms with Gasteiger partial charge in [-0.15, -0.1) is 0 Å². The van der Waals surface area contributed by atoms with Crippen LogP contribution in [0.25, 0.3) is 0 Å². The van der Waals surface area contributed by atoms with E-state index in [4.69, 9.17) is 5.73 Å². The molecule has 0 radical (unpaired) electrons. The van der Waals surface area contributed by atoms with Crippen molar-refractivity contribution >= 4 is 11.7 Å². The van der Waals surface area contributed by atoms with E-state index in [1.807, 2.05) is 0 Å². The molecule has 0 atom stereocenters. The number of rotatable bonds is 6. The van der Waals surface area contributed by atoms with Crippen LogP contribution in [0.3, 0.4) is 0 Å². The van der Waals surface area contributed by atoms with Crippen molar-refractivity contribution in [3.63, 3.8) is 0 Å². The van der Waals surface area contributed by atoms with Gasteiger partial charge in [0.2, 0.25) is 5.91 Å². The number of Topliss-reactive ketones (excluding diaryl/α,β-unsaturated/α-hetero) is 1. The molecule has 1 fully saturated rings. The maximum Gasteiger partial charge on any atom is 0.223 e. The zero-order valence-electron chi connectivity index (χ0n) is 10.7. The van der Waals surface area contributed by atoms with E-state index in [-0.39, 0.29) is 23.5 Å². The average Bonchev–Trinajstić information content (AvgIpc) is 2.34. The Morgan fingerprint density at radius 3 is 2.24 bits per heavy atom. The molecular formula is C13H24N2O2. The second-order valence-corrected chi connectivity index (χ2v) is 4.95. The van der Waals surface area contributed by atoms with E-state index in [0.29, 0.717) is 6.54 Å². The Labute approximate surface area is 103 Å². The monoisotopic (exact) mass is 240 g/mol. The number of carbonyl (C=O) groups excluding carboxylic acids is 2. The van der Waals surface area contributed by atoms with Gasteiger partial charge in [0.25, 0.3) is 0 Å². The molecule has 0 aromatic heterocycles. The Morgan fingerprint density at radius 2 is 1.71 bits per heavy atom. The van der Waals surface area contributed by atoms with Crippen molar-refractivity contribution in [1.82, 2.24) is 5.32 Å². The SMILES string of the molecule is CC(=O)[C@H]1CC[C@H](C(=O)NCCCCN)CC1. The van der Waals surface area contributed by atoms with Crippen molar-refractivity contribution in [1.29, 1.82) is 0 Å². The minimum Gasteiger partial charge on any atom is -0.356 e. The number of nitrogens with one attached hydrogen (secondary N) is 1. The third-order valence-electron chi connectivity index (χ3n) is 3.60. The number of ketones is 1. The minimum absolute atomic E-state index is 0.114. The predicted molar refractivity (Wildman–Crippen MR) is 67.4 cm³/mol. The van der Waals surface area contributed by atoms with Gasteiger partial charge in [-0.25, -0.2) is 0 Å². The van der Waals surface area contributed by atoms with Crippen LogP contribution in [0.5, 0.6) is 0 Å². The first kappa shape index (κ1) is 14.2. The standard InChI is InChI=1S/C13H24N2O2/c1-10(16)11-4-6-12(7-5-11)13(17)15-9-3-2-8-14/h11-12H,2-9,14H2,1H3,(H,15,17)/t11-,12-. The molecule has 0 unspecified atom stereocenters. The maximum atomic E-state index is 11.8. The van der Waals surface area contributed by atoms with Gasteiger partial charge in [0, 0.05) is 18.4 Å². The molecule has 0 aliphatic heterocycles. The number of nitrogens with two attached hydrogens (primary N) is 1. The van der Waals surface area contributed by atoms with Crippen molar-refractivity contribution in [3.8, 4) is 0 Å². The van der Waals surface area contributed by atoms with Crippen LogP contribution in [0.2, 0.25) is 0 Å². The summed E-state index contributed by atoms with van der Waals surface area (Å²) in [5.74, 6) is 0.732. The molecule has 1 aliphatic carbocycles. The molecule has 17 heavy (non-hydrogen) atoms. The van der Waals surface area contributed by atoms with Crippen LogP contribution in [0, 0.1) is 11.8 Å². The summed E-state index contributed by atoms with van der Waals surface area (Å²) in [6, 6.07) is 0. The molecule has 0 heterocycles. The highest BCUT2D eigenvalue weighted by molar-refractivity contribution is 5.80. The van der Waals surface area contributed by atoms with Crippen molar-refractivity contribution in [2.45, 2.75) is 45.4 Å². The van der Waals surface area contributed by atoms with Gasteiger partial charge in [-0.3, -0.25) is 9.59 Å². The molecule has 4 heteroatoms. The molecule has 1 aliphatic rings. The maximum absolute atomic E-state index is 11.8. The Hall–Kier alpha value is -0.900. The number of carbonyl (C=O) groups is 2. The molecule has 0 saturated heterocycles. The molecule has 3 N–H and O–H groups in total. The number of unbranched alkanes of at least 4 members (excludes halogenated alkanes) is 1. The fraction of sp³-hybridized carbons (Fsp3) is 0.846. The summed E-state index contributed by atoms with van der Waals surface area (Å²) >= 11 is 0. The smallest absolute Gasteiger partial charge is 0.223 e. The van der Waals surface area contributed by atoms with E-state index < -0.39 is 0 Å². The van der Waals surface area contributed by atoms with E-state index in [0.717, 1.165) is 45.1 Å². The molecule has 0 aromatic carbocycles. The first-order valence-electron chi connectivity index (χ1n) is 6.63. The summed E-state index contributed by atoms with van der Waals surface area (Å²) in [6.45, 7) is 3.06. The van der Waals surface area contributed by atoms with Crippen LogP contribution in [0.15, 0.2) is 0 Å². The summed E-state index contributed by atoms with van der Waals surface area (Å²) < 4.78 is 0. The second-order valence-electron chi connectivity index (χ2n) is 4.95. The zero-order valence-corrected chi connectivity index (χ0v) is 10.7. The van der Waals surface area contributed by atoms with Crippen LogP contribution in [0.1, 0.15) is 45.4 Å². The van der Waals surface area contributed by atoms with Crippen LogP contribution in [-0.2, 0) is 9.59 Å². The lowest BCUT2D eigenvalue weighted by molar-refractivity contribution is -0.128. The van der Waals surface area contributed by atoms with Gasteiger partial charge < -0.3 is 11.1 Å². The highest BCUT2D eigenvalue weighted by Gasteiger charge is 2.27. The molecule has 98 valence electrons. The van der Waals surface area contributed by atoms with Crippen LogP contribution >= 0.6 is 0 Å². The topological polar surface area (TPSA) is 72.2 Å². The van der Waals surface area contributed by atoms with Crippen LogP contribution < -0.4 is 11.1 Å². The lowest BCUT2D eigenvalue weighted by Crippen LogP contribution is -2.34. The lowest BCUT2D eigenvalue weighted by atomic mass is 9.80. The van der Waals surface area contributed by atoms with E-state index in [2.05, 4.69) is 5.32 Å². The van der Waals surface area contributed by atoms with Crippen molar-refractivity contribution < 1.29 is 9.59 Å². The summed E-state index contributed by atoms with van der Waals surface area (Å²) in [7, 11) is 0. The van der Waals surface area contributed by atoms with Crippen molar-refractivity contribution in [2.24, 2.45) is 17.6 Å². The van der Waals surface area contributed by atoms with Gasteiger partial charge in [0.05, 0.1) is 0 Å². The highest BCUT2D eigenvalue weighted by atomic mass is 16.2. The van der Waals surface area contributed by atoms with E-state index in [9.17, 15) is 9.59 Å². The first-order valence-corrected chi connectivity index (χ1v) is 6.63. The van der Waals surface area contributed by atoms with Gasteiger partial charge in [-0.2, -0.15) is 0 Å². The fourth-order valence-corrected chi connectivity index (χ4v) is 2.39. The molecule has 1 amide bonds. The van der Waals surface area contributed by atoms with Crippen molar-refractivity contribution in [3.05, 3.63) is 0 Å². The summed E-state index contributed by atoms with van der Waals surface area (Å²) in [5.41, 5.74) is 5.39. The number of hydrogen-bond donors (Lipinski definition) is 2. The lowest BCUT2D eigenvalue weighted by Gasteiger charge is -2.26. The van der Waals surface area contributed by atoms with Crippen molar-refractivity contribution in [2.75, 3.05) is 13.1 Å². The predicted octanol–water partition coefficient (Wildman–Crippen LogP) is 1.24. The largest absolute Gasteiger partial charge is 0.356 e. The molecule has 0 spiro atoms. The first-order chi connectivity index (χ1) is 8.15. The normalized spacial score (nSPS) is 24.4. The van der Waals surface area contributed by atoms with Gasteiger partial charge in [-0.1, -0.05) is 0 Å². The summed E-state index contributed by atoms with van der Waals surface area (Å²) in [6.07, 6.45) is 5.36. The van der Waals surface area contributed by atoms with E-state index in [1.54, 1.807) is 6.92 Å². The molecular weight excluding hydrogens is 216 g/mol. The summed E-state index contributed by atoms with van der Waals surface area (Å²) in [5, 5.41) is 2.95. The number of amides is 1. The Morgan fingerprint density at radius 1 is 1.12 bits per heavy atom. The average molecular weight is 240 g/mol. The van der Waals surface area contributed by atoms with Crippen LogP contribution in [0.4, 0.5) is 0 Å². The quantitative estimate of drug-likeness (QED) is 0.686. The molecule has 1 rings (SSSR count). The molecule has 1 saturated carbocycles. The second kappa shape index (κ2) is 7.43. The summed E-state index contributed by atoms with van der Waals surface area (Å²) in [4.78, 5) is 23.0. The zero-order chi connectivity index (χ0) is 12.7. The van der Waals surface area contributed by atoms with E-state index in [1.165, 1.54) is 0 Å². The Bertz CT molecular complexity index is 258. The fourth-order valence-electron chi connectivity index (χ4n) is 2.39. The van der Waals surface area contributed by atoms with Gasteiger partial charge >= 0.3 is 0 Å². The molecule has 0 aromatic rings. The van der Waals surface area contributed by atoms with Gasteiger partial charge in [0.1, 0.15) is 5.78 Å². The highest BCUT2D eigenvalue weighted by Crippen LogP contribution is 2.29. The minimum atomic E-state index is 0.114. The molecule has 0 bridgehead atoms. The Balaban J connectivity index is 2.19. The van der Waals surface area contributed by atoms with Gasteiger partial charge in [0.15, 0.2) is 0 Å². The Kier molecular flexibility index (Phi) is 6.19. The van der Waals surface area contributed by atoms with E-state index >= 15 is 0 Å². The third kappa shape index (κ3) is 4.86. The van der Waals surface area contributed by atoms with Crippen LogP contribution in [-0.4, -0.2) is 24.8 Å².